The number of aromatic amines is 1. The summed E-state index contributed by atoms with van der Waals surface area (Å²) in [7, 11) is -1.61. The molecule has 1 aliphatic heterocycles. The summed E-state index contributed by atoms with van der Waals surface area (Å²) in [4.78, 5) is 4.69. The number of H-pyrrole nitrogens is 1. The zero-order chi connectivity index (χ0) is 13.2. The molecule has 0 spiro atoms. The van der Waals surface area contributed by atoms with Crippen LogP contribution in [0.3, 0.4) is 0 Å². The number of hydrazine groups is 1. The number of nitrogens with two attached hydrogens (primary N) is 1. The number of nitrogens with one attached hydrogen (secondary N) is 2. The molecule has 0 bridgehead atoms. The van der Waals surface area contributed by atoms with Crippen LogP contribution in [-0.2, 0) is 16.6 Å². The predicted octanol–water partition coefficient (Wildman–Crippen LogP) is -1.69. The Hall–Kier alpha value is -1.00. The average molecular weight is 274 g/mol. The zero-order valence-corrected chi connectivity index (χ0v) is 11.1. The minimum Gasteiger partial charge on any atom is -0.326 e. The molecule has 0 aromatic carbocycles. The van der Waals surface area contributed by atoms with Gasteiger partial charge in [-0.2, -0.15) is 5.10 Å². The Morgan fingerprint density at radius 1 is 1.44 bits per heavy atom. The highest BCUT2D eigenvalue weighted by Gasteiger charge is 2.24. The molecule has 1 aromatic rings. The second kappa shape index (κ2) is 5.33. The molecule has 0 amide bonds. The van der Waals surface area contributed by atoms with Crippen molar-refractivity contribution >= 4 is 10.0 Å². The van der Waals surface area contributed by atoms with Gasteiger partial charge in [-0.15, -0.1) is 4.83 Å². The van der Waals surface area contributed by atoms with E-state index in [1.807, 2.05) is 7.05 Å². The van der Waals surface area contributed by atoms with Gasteiger partial charge in [0.1, 0.15) is 0 Å². The van der Waals surface area contributed by atoms with Crippen molar-refractivity contribution in [1.29, 1.82) is 0 Å². The van der Waals surface area contributed by atoms with Gasteiger partial charge in [0.05, 0.1) is 6.20 Å². The highest BCUT2D eigenvalue weighted by molar-refractivity contribution is 7.89. The van der Waals surface area contributed by atoms with Crippen molar-refractivity contribution in [3.05, 3.63) is 11.8 Å². The van der Waals surface area contributed by atoms with Crippen molar-refractivity contribution in [3.8, 4) is 0 Å². The molecule has 18 heavy (non-hydrogen) atoms. The van der Waals surface area contributed by atoms with Gasteiger partial charge >= 0.3 is 0 Å². The first-order valence-corrected chi connectivity index (χ1v) is 7.19. The number of sulfonamides is 1. The molecule has 4 N–H and O–H groups in total. The van der Waals surface area contributed by atoms with Crippen LogP contribution in [0.2, 0.25) is 0 Å². The molecule has 1 aromatic heterocycles. The van der Waals surface area contributed by atoms with Crippen molar-refractivity contribution < 1.29 is 8.42 Å². The molecule has 8 nitrogen and oxygen atoms in total. The first-order chi connectivity index (χ1) is 8.53. The van der Waals surface area contributed by atoms with Gasteiger partial charge in [0.15, 0.2) is 5.03 Å². The maximum absolute atomic E-state index is 12.1. The highest BCUT2D eigenvalue weighted by atomic mass is 32.2. The molecule has 1 saturated heterocycles. The lowest BCUT2D eigenvalue weighted by molar-refractivity contribution is 0.134. The van der Waals surface area contributed by atoms with Crippen LogP contribution in [0, 0.1) is 0 Å². The largest absolute Gasteiger partial charge is 0.326 e. The highest BCUT2D eigenvalue weighted by Crippen LogP contribution is 2.11. The van der Waals surface area contributed by atoms with Gasteiger partial charge in [0, 0.05) is 38.3 Å². The number of hydrogen-bond acceptors (Lipinski definition) is 6. The first-order valence-electron chi connectivity index (χ1n) is 5.71. The Morgan fingerprint density at radius 2 is 2.11 bits per heavy atom. The third kappa shape index (κ3) is 2.87. The molecule has 1 fully saturated rings. The number of rotatable bonds is 4. The van der Waals surface area contributed by atoms with E-state index in [1.165, 1.54) is 6.20 Å². The van der Waals surface area contributed by atoms with E-state index in [4.69, 9.17) is 5.73 Å². The van der Waals surface area contributed by atoms with Crippen molar-refractivity contribution in [3.63, 3.8) is 0 Å². The fraction of sp³-hybridized carbons (Fsp3) is 0.667. The summed E-state index contributed by atoms with van der Waals surface area (Å²) < 4.78 is 24.3. The number of piperazine rings is 1. The molecule has 0 aliphatic carbocycles. The number of nitrogens with zero attached hydrogens (tertiary/aromatic N) is 3. The maximum Gasteiger partial charge on any atom is 0.270 e. The number of aromatic nitrogens is 2. The van der Waals surface area contributed by atoms with Crippen LogP contribution in [0.1, 0.15) is 5.56 Å². The quantitative estimate of drug-likeness (QED) is 0.605. The fourth-order valence-corrected chi connectivity index (χ4v) is 3.06. The lowest BCUT2D eigenvalue weighted by Gasteiger charge is -2.31. The van der Waals surface area contributed by atoms with Crippen LogP contribution < -0.4 is 10.6 Å². The van der Waals surface area contributed by atoms with Crippen LogP contribution in [0.15, 0.2) is 11.2 Å². The second-order valence-electron chi connectivity index (χ2n) is 4.31. The molecular weight excluding hydrogens is 256 g/mol. The molecule has 0 radical (unpaired) electrons. The van der Waals surface area contributed by atoms with Crippen LogP contribution in [0.5, 0.6) is 0 Å². The van der Waals surface area contributed by atoms with Crippen LogP contribution in [0.25, 0.3) is 0 Å². The average Bonchev–Trinajstić information content (AvgIpc) is 2.81. The van der Waals surface area contributed by atoms with Crippen LogP contribution >= 0.6 is 0 Å². The first kappa shape index (κ1) is 13.4. The molecule has 102 valence electrons. The van der Waals surface area contributed by atoms with Gasteiger partial charge in [-0.05, 0) is 7.05 Å². The fourth-order valence-electron chi connectivity index (χ4n) is 1.79. The Balaban J connectivity index is 2.08. The molecule has 0 atom stereocenters. The predicted molar refractivity (Wildman–Crippen MR) is 65.9 cm³/mol. The molecule has 0 saturated carbocycles. The minimum atomic E-state index is -3.62. The Morgan fingerprint density at radius 3 is 2.72 bits per heavy atom. The summed E-state index contributed by atoms with van der Waals surface area (Å²) in [6.07, 6.45) is 1.43. The van der Waals surface area contributed by atoms with Crippen molar-refractivity contribution in [2.75, 3.05) is 33.2 Å². The lowest BCUT2D eigenvalue weighted by atomic mass is 10.4. The summed E-state index contributed by atoms with van der Waals surface area (Å²) >= 11 is 0. The molecule has 2 heterocycles. The number of likely N-dealkylation sites (N-methyl/N-ethyl adjacent to an activating group) is 1. The van der Waals surface area contributed by atoms with Gasteiger partial charge in [-0.25, -0.2) is 13.4 Å². The van der Waals surface area contributed by atoms with Crippen LogP contribution in [-0.4, -0.2) is 61.8 Å². The van der Waals surface area contributed by atoms with Gasteiger partial charge in [-0.1, -0.05) is 0 Å². The monoisotopic (exact) mass is 274 g/mol. The molecule has 9 heteroatoms. The Kier molecular flexibility index (Phi) is 3.97. The SMILES string of the molecule is CN1CCN(NS(=O)(=O)c2[nH]ncc2CN)CC1. The lowest BCUT2D eigenvalue weighted by Crippen LogP contribution is -2.52. The standard InChI is InChI=1S/C9H18N6O2S/c1-14-2-4-15(5-3-14)13-18(16,17)9-8(6-10)7-11-12-9/h7,13H,2-6,10H2,1H3,(H,11,12). The maximum atomic E-state index is 12.1. The summed E-state index contributed by atoms with van der Waals surface area (Å²) in [5.74, 6) is 0. The molecule has 1 aliphatic rings. The van der Waals surface area contributed by atoms with Crippen molar-refractivity contribution in [2.24, 2.45) is 5.73 Å². The zero-order valence-electron chi connectivity index (χ0n) is 10.3. The van der Waals surface area contributed by atoms with E-state index in [2.05, 4.69) is 19.9 Å². The van der Waals surface area contributed by atoms with E-state index < -0.39 is 10.0 Å². The summed E-state index contributed by atoms with van der Waals surface area (Å²) in [6, 6.07) is 0. The van der Waals surface area contributed by atoms with Gasteiger partial charge in [-0.3, -0.25) is 5.10 Å². The Labute approximate surface area is 106 Å². The molecular formula is C9H18N6O2S. The van der Waals surface area contributed by atoms with E-state index in [1.54, 1.807) is 5.01 Å². The van der Waals surface area contributed by atoms with E-state index >= 15 is 0 Å². The van der Waals surface area contributed by atoms with Crippen molar-refractivity contribution in [1.82, 2.24) is 24.9 Å². The van der Waals surface area contributed by atoms with E-state index in [0.29, 0.717) is 18.7 Å². The van der Waals surface area contributed by atoms with Gasteiger partial charge in [0.2, 0.25) is 0 Å². The summed E-state index contributed by atoms with van der Waals surface area (Å²) in [6.45, 7) is 3.10. The minimum absolute atomic E-state index is 0.0453. The van der Waals surface area contributed by atoms with Gasteiger partial charge < -0.3 is 10.6 Å². The van der Waals surface area contributed by atoms with Crippen LogP contribution in [0.4, 0.5) is 0 Å². The van der Waals surface area contributed by atoms with E-state index in [0.717, 1.165) is 13.1 Å². The number of hydrogen-bond donors (Lipinski definition) is 3. The van der Waals surface area contributed by atoms with Gasteiger partial charge in [0.25, 0.3) is 10.0 Å². The smallest absolute Gasteiger partial charge is 0.270 e. The van der Waals surface area contributed by atoms with E-state index in [9.17, 15) is 8.42 Å². The third-order valence-electron chi connectivity index (χ3n) is 2.92. The normalized spacial score (nSPS) is 19.2. The second-order valence-corrected chi connectivity index (χ2v) is 5.91. The van der Waals surface area contributed by atoms with E-state index in [-0.39, 0.29) is 11.6 Å². The summed E-state index contributed by atoms with van der Waals surface area (Å²) in [5.41, 5.74) is 5.95. The topological polar surface area (TPSA) is 107 Å². The summed E-state index contributed by atoms with van der Waals surface area (Å²) in [5, 5.41) is 7.93. The molecule has 0 unspecified atom stereocenters. The van der Waals surface area contributed by atoms with Crippen molar-refractivity contribution in [2.45, 2.75) is 11.6 Å². The molecule has 2 rings (SSSR count). The third-order valence-corrected chi connectivity index (χ3v) is 4.31. The Bertz CT molecular complexity index is 491.